The molecule has 2 radical (unpaired) electrons. The summed E-state index contributed by atoms with van der Waals surface area (Å²) in [6.45, 7) is 18.2. The Morgan fingerprint density at radius 1 is 0.406 bits per heavy atom. The van der Waals surface area contributed by atoms with Gasteiger partial charge in [-0.15, -0.1) is 69.1 Å². The van der Waals surface area contributed by atoms with E-state index < -0.39 is 37.3 Å². The first kappa shape index (κ1) is 52.3. The zero-order chi connectivity index (χ0) is 49.1. The molecule has 10 aromatic carbocycles. The fourth-order valence-electron chi connectivity index (χ4n) is 9.76. The topological polar surface area (TPSA) is 3.24 Å². The van der Waals surface area contributed by atoms with Crippen molar-refractivity contribution in [1.82, 2.24) is 4.14 Å². The molecule has 7 heteroatoms. The predicted octanol–water partition coefficient (Wildman–Crippen LogP) is 19.4. The number of halogens is 2. The fraction of sp³-hybridized carbons (Fsp3) is 0.194. The Balaban J connectivity index is 0.000000163. The van der Waals surface area contributed by atoms with E-state index in [2.05, 4.69) is 251 Å². The summed E-state index contributed by atoms with van der Waals surface area (Å²) < 4.78 is 2.15. The van der Waals surface area contributed by atoms with E-state index in [0.29, 0.717) is 0 Å². The van der Waals surface area contributed by atoms with Crippen LogP contribution in [0, 0.1) is 0 Å². The van der Waals surface area contributed by atoms with Crippen molar-refractivity contribution in [3.05, 3.63) is 205 Å². The zero-order valence-electron chi connectivity index (χ0n) is 41.6. The van der Waals surface area contributed by atoms with Crippen LogP contribution in [-0.2, 0) is 33.7 Å². The summed E-state index contributed by atoms with van der Waals surface area (Å²) in [6.07, 6.45) is 4.63. The van der Waals surface area contributed by atoms with Gasteiger partial charge in [-0.3, -0.25) is 0 Å². The SMILES string of the molecule is CCCc1cc2c(-c3ccccc3-c3cccc4ccccc34)cccc2[cH-]1.CCCc1cc2c(-c3ccccc3-c3cccc4ccccc34)cccc2[cH-]1.[B]N([Si](C)(C)C)[Si](C)(C)C.[Cl][Zr+2][Cl]. The summed E-state index contributed by atoms with van der Waals surface area (Å²) in [5.41, 5.74) is 13.3. The zero-order valence-corrected chi connectivity index (χ0v) is 47.6. The average Bonchev–Trinajstić information content (AvgIpc) is 3.97. The van der Waals surface area contributed by atoms with Gasteiger partial charge in [0.1, 0.15) is 16.5 Å². The molecule has 0 fully saturated rings. The number of hydrogen-bond donors (Lipinski definition) is 0. The second kappa shape index (κ2) is 24.0. The van der Waals surface area contributed by atoms with Crippen LogP contribution in [0.25, 0.3) is 87.6 Å². The van der Waals surface area contributed by atoms with Crippen molar-refractivity contribution in [1.29, 1.82) is 0 Å². The van der Waals surface area contributed by atoms with Crippen LogP contribution in [0.5, 0.6) is 0 Å². The number of rotatable bonds is 10. The minimum absolute atomic E-state index is 0.826. The molecule has 0 aromatic heterocycles. The average molecular weight is 1050 g/mol. The molecule has 10 rings (SSSR count). The van der Waals surface area contributed by atoms with Crippen molar-refractivity contribution in [2.75, 3.05) is 0 Å². The molecule has 0 aliphatic rings. The van der Waals surface area contributed by atoms with Gasteiger partial charge in [-0.05, 0) is 67.8 Å². The first-order valence-electron chi connectivity index (χ1n) is 24.3. The second-order valence-electron chi connectivity index (χ2n) is 19.8. The van der Waals surface area contributed by atoms with Crippen molar-refractivity contribution >= 4 is 84.6 Å². The normalized spacial score (nSPS) is 11.4. The predicted molar refractivity (Wildman–Crippen MR) is 310 cm³/mol. The number of nitrogens with zero attached hydrogens (tertiary/aromatic N) is 1. The van der Waals surface area contributed by atoms with Gasteiger partial charge >= 0.3 is 37.9 Å². The first-order valence-corrected chi connectivity index (χ1v) is 37.5. The van der Waals surface area contributed by atoms with E-state index >= 15 is 0 Å². The van der Waals surface area contributed by atoms with E-state index in [-0.39, 0.29) is 0 Å². The minimum atomic E-state index is -1.22. The van der Waals surface area contributed by atoms with E-state index in [1.54, 1.807) is 0 Å². The number of hydrogen-bond acceptors (Lipinski definition) is 1. The molecule has 0 aliphatic heterocycles. The van der Waals surface area contributed by atoms with Crippen molar-refractivity contribution in [3.63, 3.8) is 0 Å². The van der Waals surface area contributed by atoms with Crippen LogP contribution in [-0.4, -0.2) is 28.6 Å². The fourth-order valence-corrected chi connectivity index (χ4v) is 17.8. The van der Waals surface area contributed by atoms with E-state index in [1.165, 1.54) is 112 Å². The maximum atomic E-state index is 5.98. The summed E-state index contributed by atoms with van der Waals surface area (Å²) in [4.78, 5) is 0. The molecule has 10 aromatic rings. The first-order chi connectivity index (χ1) is 33.3. The standard InChI is InChI=1S/2C28H23.C6H18BNSi2.2ClH.Zr/c2*1-2-9-20-18-22-12-8-17-27(28(22)19-20)26-15-6-5-14-25(26)24-16-7-11-21-10-3-4-13-23(21)24;1-9(2,3)8(7)10(4,5)6;;;/h2*3-8,10-19H,2,9H2,1H3;1-6H3;2*1H;/q2*-1;;;;+4/p-2. The summed E-state index contributed by atoms with van der Waals surface area (Å²) >= 11 is -0.826. The van der Waals surface area contributed by atoms with Crippen LogP contribution in [0.15, 0.2) is 194 Å². The molecular formula is C62H64BCl2NSi2Zr. The van der Waals surface area contributed by atoms with Crippen LogP contribution in [0.3, 0.4) is 0 Å². The van der Waals surface area contributed by atoms with Gasteiger partial charge in [-0.2, -0.15) is 12.1 Å². The summed E-state index contributed by atoms with van der Waals surface area (Å²) in [5, 5.41) is 10.6. The van der Waals surface area contributed by atoms with Crippen LogP contribution in [0.1, 0.15) is 37.8 Å². The Labute approximate surface area is 434 Å². The quantitative estimate of drug-likeness (QED) is 0.0975. The third kappa shape index (κ3) is 12.7. The molecule has 0 aliphatic carbocycles. The third-order valence-corrected chi connectivity index (χ3v) is 19.7. The Kier molecular flexibility index (Phi) is 18.2. The molecule has 0 bridgehead atoms. The van der Waals surface area contributed by atoms with Gasteiger partial charge in [0, 0.05) is 0 Å². The molecule has 0 amide bonds. The Bertz CT molecular complexity index is 3040. The molecular weight excluding hydrogens is 988 g/mol. The molecule has 0 atom stereocenters. The molecule has 0 N–H and O–H groups in total. The van der Waals surface area contributed by atoms with Gasteiger partial charge in [0.25, 0.3) is 0 Å². The van der Waals surface area contributed by atoms with Crippen LogP contribution < -0.4 is 0 Å². The molecule has 0 spiro atoms. The van der Waals surface area contributed by atoms with E-state index in [0.717, 1.165) is 12.8 Å². The molecule has 69 heavy (non-hydrogen) atoms. The molecule has 0 saturated heterocycles. The third-order valence-electron chi connectivity index (χ3n) is 12.7. The Hall–Kier alpha value is -4.58. The van der Waals surface area contributed by atoms with Crippen molar-refractivity contribution in [2.24, 2.45) is 0 Å². The van der Waals surface area contributed by atoms with E-state index in [4.69, 9.17) is 25.0 Å². The summed E-state index contributed by atoms with van der Waals surface area (Å²) in [6, 6.07) is 71.0. The van der Waals surface area contributed by atoms with Crippen LogP contribution >= 0.6 is 17.0 Å². The van der Waals surface area contributed by atoms with Gasteiger partial charge in [-0.1, -0.05) is 223 Å². The summed E-state index contributed by atoms with van der Waals surface area (Å²) in [7, 11) is 13.4. The molecule has 346 valence electrons. The Morgan fingerprint density at radius 3 is 1.00 bits per heavy atom. The maximum absolute atomic E-state index is 5.98. The van der Waals surface area contributed by atoms with Gasteiger partial charge in [-0.25, -0.2) is 0 Å². The van der Waals surface area contributed by atoms with Gasteiger partial charge in [0.15, 0.2) is 7.98 Å². The van der Waals surface area contributed by atoms with Gasteiger partial charge in [0.2, 0.25) is 0 Å². The van der Waals surface area contributed by atoms with Crippen LogP contribution in [0.4, 0.5) is 0 Å². The number of fused-ring (bicyclic) bond motifs is 4. The molecule has 0 saturated carbocycles. The summed E-state index contributed by atoms with van der Waals surface area (Å²) in [5.74, 6) is 0. The van der Waals surface area contributed by atoms with Gasteiger partial charge in [0.05, 0.1) is 0 Å². The second-order valence-corrected chi connectivity index (χ2v) is 33.6. The molecule has 0 heterocycles. The van der Waals surface area contributed by atoms with Crippen molar-refractivity contribution in [3.8, 4) is 44.5 Å². The van der Waals surface area contributed by atoms with Crippen molar-refractivity contribution < 1.29 is 20.8 Å². The van der Waals surface area contributed by atoms with Crippen LogP contribution in [0.2, 0.25) is 39.3 Å². The Morgan fingerprint density at radius 2 is 0.681 bits per heavy atom. The molecule has 1 nitrogen and oxygen atoms in total. The van der Waals surface area contributed by atoms with Gasteiger partial charge < -0.3 is 4.14 Å². The number of benzene rings is 8. The van der Waals surface area contributed by atoms with E-state index in [9.17, 15) is 0 Å². The van der Waals surface area contributed by atoms with Crippen molar-refractivity contribution in [2.45, 2.75) is 78.8 Å². The molecule has 0 unspecified atom stereocenters. The van der Waals surface area contributed by atoms with E-state index in [1.807, 2.05) is 0 Å². The number of aryl methyl sites for hydroxylation is 2. The monoisotopic (exact) mass is 1050 g/mol.